The fourth-order valence-corrected chi connectivity index (χ4v) is 4.86. The highest BCUT2D eigenvalue weighted by Gasteiger charge is 2.48. The molecular weight excluding hydrogens is 454 g/mol. The van der Waals surface area contributed by atoms with Gasteiger partial charge in [-0.1, -0.05) is 57.6 Å². The number of hydrogen-bond acceptors (Lipinski definition) is 5. The largest absolute Gasteiger partial charge is 0.327 e. The molecule has 1 saturated heterocycles. The van der Waals surface area contributed by atoms with E-state index in [2.05, 4.69) is 26.5 Å². The van der Waals surface area contributed by atoms with E-state index in [9.17, 15) is 9.59 Å². The van der Waals surface area contributed by atoms with Gasteiger partial charge in [0.1, 0.15) is 0 Å². The van der Waals surface area contributed by atoms with Crippen LogP contribution in [0.5, 0.6) is 0 Å². The molecule has 1 aromatic heterocycles. The molecule has 7 nitrogen and oxygen atoms in total. The summed E-state index contributed by atoms with van der Waals surface area (Å²) in [7, 11) is 1.71. The Morgan fingerprint density at radius 1 is 1.10 bits per heavy atom. The monoisotopic (exact) mass is 469 g/mol. The third-order valence-corrected chi connectivity index (χ3v) is 6.58. The van der Waals surface area contributed by atoms with Gasteiger partial charge in [0.05, 0.1) is 4.53 Å². The van der Waals surface area contributed by atoms with Gasteiger partial charge in [-0.15, -0.1) is 5.10 Å². The summed E-state index contributed by atoms with van der Waals surface area (Å²) in [5, 5.41) is 4.37. The van der Waals surface area contributed by atoms with Crippen LogP contribution in [0.1, 0.15) is 11.7 Å². The summed E-state index contributed by atoms with van der Waals surface area (Å²) < 4.78 is 3.17. The number of amides is 2. The summed E-state index contributed by atoms with van der Waals surface area (Å²) in [6.45, 7) is 0. The lowest BCUT2D eigenvalue weighted by Gasteiger charge is -2.29. The molecule has 0 radical (unpaired) electrons. The lowest BCUT2D eigenvalue weighted by atomic mass is 10.2. The maximum Gasteiger partial charge on any atom is 0.327 e. The second-order valence-electron chi connectivity index (χ2n) is 6.82. The van der Waals surface area contributed by atoms with Crippen LogP contribution in [0.15, 0.2) is 69.0 Å². The Hall–Kier alpha value is -2.91. The normalized spacial score (nSPS) is 20.9. The van der Waals surface area contributed by atoms with Crippen molar-refractivity contribution in [1.82, 2.24) is 14.9 Å². The second-order valence-corrected chi connectivity index (χ2v) is 8.74. The molecule has 0 aliphatic carbocycles. The van der Waals surface area contributed by atoms with E-state index in [4.69, 9.17) is 0 Å². The van der Waals surface area contributed by atoms with Crippen molar-refractivity contribution in [1.29, 1.82) is 0 Å². The summed E-state index contributed by atoms with van der Waals surface area (Å²) in [4.78, 5) is 30.0. The van der Waals surface area contributed by atoms with E-state index < -0.39 is 12.3 Å². The van der Waals surface area contributed by atoms with Crippen LogP contribution in [0.25, 0.3) is 6.08 Å². The van der Waals surface area contributed by atoms with E-state index >= 15 is 0 Å². The lowest BCUT2D eigenvalue weighted by molar-refractivity contribution is 0.194. The molecule has 5 rings (SSSR count). The fourth-order valence-electron chi connectivity index (χ4n) is 3.63. The molecule has 2 aliphatic rings. The zero-order chi connectivity index (χ0) is 20.1. The highest BCUT2D eigenvalue weighted by molar-refractivity contribution is 9.10. The molecule has 0 spiro atoms. The second kappa shape index (κ2) is 6.85. The number of aromatic nitrogens is 1. The number of carbonyl (C=O) groups excluding carboxylic acids is 1. The van der Waals surface area contributed by atoms with Gasteiger partial charge in [0.15, 0.2) is 12.3 Å². The van der Waals surface area contributed by atoms with Crippen LogP contribution < -0.4 is 25.2 Å². The van der Waals surface area contributed by atoms with E-state index in [0.717, 1.165) is 15.7 Å². The predicted octanol–water partition coefficient (Wildman–Crippen LogP) is 2.04. The van der Waals surface area contributed by atoms with Gasteiger partial charge in [0.25, 0.3) is 5.56 Å². The first-order chi connectivity index (χ1) is 14.0. The molecule has 0 bridgehead atoms. The molecule has 1 N–H and O–H groups in total. The average Bonchev–Trinajstić information content (AvgIpc) is 3.18. The van der Waals surface area contributed by atoms with E-state index in [0.29, 0.717) is 9.33 Å². The Labute approximate surface area is 178 Å². The summed E-state index contributed by atoms with van der Waals surface area (Å²) >= 11 is 4.73. The Balaban J connectivity index is 1.67. The van der Waals surface area contributed by atoms with Gasteiger partial charge in [-0.3, -0.25) is 19.7 Å². The van der Waals surface area contributed by atoms with Crippen molar-refractivity contribution in [3.05, 3.63) is 84.3 Å². The Morgan fingerprint density at radius 2 is 1.83 bits per heavy atom. The molecule has 2 aliphatic heterocycles. The first kappa shape index (κ1) is 18.1. The third kappa shape index (κ3) is 2.89. The van der Waals surface area contributed by atoms with Crippen molar-refractivity contribution in [2.24, 2.45) is 5.10 Å². The molecule has 1 fully saturated rings. The molecule has 2 atom stereocenters. The zero-order valence-electron chi connectivity index (χ0n) is 15.3. The van der Waals surface area contributed by atoms with Gasteiger partial charge in [0.2, 0.25) is 4.80 Å². The van der Waals surface area contributed by atoms with Crippen LogP contribution >= 0.6 is 27.3 Å². The Morgan fingerprint density at radius 3 is 2.55 bits per heavy atom. The smallest absolute Gasteiger partial charge is 0.302 e. The summed E-state index contributed by atoms with van der Waals surface area (Å²) in [5.74, 6) is 0. The quantitative estimate of drug-likeness (QED) is 0.624. The molecule has 29 heavy (non-hydrogen) atoms. The number of anilines is 1. The van der Waals surface area contributed by atoms with Gasteiger partial charge in [-0.25, -0.2) is 4.79 Å². The van der Waals surface area contributed by atoms with Crippen LogP contribution in [0.3, 0.4) is 0 Å². The van der Waals surface area contributed by atoms with Gasteiger partial charge in [0, 0.05) is 17.2 Å². The number of nitrogens with one attached hydrogen (secondary N) is 1. The van der Waals surface area contributed by atoms with Gasteiger partial charge >= 0.3 is 6.03 Å². The third-order valence-electron chi connectivity index (χ3n) is 5.07. The van der Waals surface area contributed by atoms with Crippen LogP contribution in [0, 0.1) is 0 Å². The minimum absolute atomic E-state index is 0.155. The van der Waals surface area contributed by atoms with Gasteiger partial charge < -0.3 is 4.90 Å². The number of hydrogen-bond donors (Lipinski definition) is 1. The molecule has 2 amide bonds. The van der Waals surface area contributed by atoms with Crippen LogP contribution in [0.4, 0.5) is 10.5 Å². The van der Waals surface area contributed by atoms with Crippen LogP contribution in [0.2, 0.25) is 0 Å². The number of benzene rings is 2. The Kier molecular flexibility index (Phi) is 4.29. The van der Waals surface area contributed by atoms with Crippen molar-refractivity contribution in [2.75, 3.05) is 11.9 Å². The topological polar surface area (TPSA) is 69.9 Å². The molecule has 0 saturated carbocycles. The Bertz CT molecular complexity index is 1270. The summed E-state index contributed by atoms with van der Waals surface area (Å²) in [6.07, 6.45) is 0.907. The number of rotatable bonds is 2. The average molecular weight is 470 g/mol. The van der Waals surface area contributed by atoms with Crippen molar-refractivity contribution in [3.8, 4) is 0 Å². The minimum Gasteiger partial charge on any atom is -0.302 e. The number of fused-ring (bicyclic) bond motifs is 3. The lowest BCUT2D eigenvalue weighted by Crippen LogP contribution is -2.53. The minimum atomic E-state index is -0.516. The number of para-hydroxylation sites is 1. The highest BCUT2D eigenvalue weighted by Crippen LogP contribution is 2.33. The molecule has 3 aromatic rings. The van der Waals surface area contributed by atoms with E-state index in [1.807, 2.05) is 60.7 Å². The maximum absolute atomic E-state index is 13.3. The van der Waals surface area contributed by atoms with E-state index in [1.165, 1.54) is 11.3 Å². The van der Waals surface area contributed by atoms with Crippen LogP contribution in [-0.4, -0.2) is 28.7 Å². The molecule has 2 unspecified atom stereocenters. The van der Waals surface area contributed by atoms with Crippen molar-refractivity contribution in [3.63, 3.8) is 0 Å². The predicted molar refractivity (Wildman–Crippen MR) is 115 cm³/mol. The van der Waals surface area contributed by atoms with Crippen molar-refractivity contribution >= 4 is 45.1 Å². The molecule has 146 valence electrons. The number of carbonyl (C=O) groups is 1. The first-order valence-electron chi connectivity index (χ1n) is 8.97. The van der Waals surface area contributed by atoms with Crippen LogP contribution in [-0.2, 0) is 0 Å². The number of halogens is 1. The standard InChI is InChI=1S/C20H16BrN5O2S/c1-24-16-17(25(20(24)28)14-5-3-2-4-6-14)26-18(27)15(29-19(26)23-22-16)11-12-7-9-13(21)10-8-12/h2-11,16-17,22H,1H3/b15-11-. The SMILES string of the molecule is CN1C(=O)N(c2ccccc2)C2C1NN=c1s/c(=C\c3ccc(Br)cc3)c(=O)n12. The van der Waals surface area contributed by atoms with Crippen molar-refractivity contribution in [2.45, 2.75) is 12.3 Å². The van der Waals surface area contributed by atoms with Gasteiger partial charge in [-0.2, -0.15) is 0 Å². The number of likely N-dealkylation sites (N-methyl/N-ethyl adjacent to an activating group) is 1. The van der Waals surface area contributed by atoms with E-state index in [1.54, 1.807) is 21.4 Å². The van der Waals surface area contributed by atoms with E-state index in [-0.39, 0.29) is 11.6 Å². The summed E-state index contributed by atoms with van der Waals surface area (Å²) in [6, 6.07) is 16.9. The van der Waals surface area contributed by atoms with Gasteiger partial charge in [-0.05, 0) is 35.9 Å². The maximum atomic E-state index is 13.3. The number of thiazole rings is 1. The highest BCUT2D eigenvalue weighted by atomic mass is 79.9. The van der Waals surface area contributed by atoms with Crippen molar-refractivity contribution < 1.29 is 4.79 Å². The summed E-state index contributed by atoms with van der Waals surface area (Å²) in [5.41, 5.74) is 4.56. The fraction of sp³-hybridized carbons (Fsp3) is 0.150. The molecule has 9 heteroatoms. The molecular formula is C20H16BrN5O2S. The zero-order valence-corrected chi connectivity index (χ0v) is 17.7. The number of nitrogens with zero attached hydrogens (tertiary/aromatic N) is 4. The number of urea groups is 1. The molecule has 3 heterocycles. The first-order valence-corrected chi connectivity index (χ1v) is 10.6. The molecule has 2 aromatic carbocycles.